The average Bonchev–Trinajstić information content (AvgIpc) is 1.64. The molecule has 7 N–H and O–H groups in total. The minimum absolute atomic E-state index is 0.00427. The highest BCUT2D eigenvalue weighted by Gasteiger charge is 2.27. The summed E-state index contributed by atoms with van der Waals surface area (Å²) in [6, 6.07) is 7.81. The van der Waals surface area contributed by atoms with Gasteiger partial charge >= 0.3 is 18.0 Å². The highest BCUT2D eigenvalue weighted by molar-refractivity contribution is 9.10. The zero-order valence-corrected chi connectivity index (χ0v) is 81.6. The number of ketones is 4. The molecule has 6 saturated heterocycles. The Kier molecular flexibility index (Phi) is 52.1. The molecule has 9 aliphatic heterocycles. The van der Waals surface area contributed by atoms with Crippen LogP contribution in [0.25, 0.3) is 12.2 Å². The van der Waals surface area contributed by atoms with Crippen molar-refractivity contribution < 1.29 is 90.9 Å². The maximum Gasteiger partial charge on any atom is 0.408 e. The van der Waals surface area contributed by atoms with Crippen LogP contribution in [-0.4, -0.2) is 402 Å². The Morgan fingerprint density at radius 3 is 1.18 bits per heavy atom. The molecule has 6 fully saturated rings. The zero-order valence-electron chi connectivity index (χ0n) is 78.5. The number of aliphatic carboxylic acids is 1. The molecule has 0 radical (unpaired) electrons. The van der Waals surface area contributed by atoms with Crippen LogP contribution < -0.4 is 27.0 Å². The Bertz CT molecular complexity index is 4140. The van der Waals surface area contributed by atoms with Gasteiger partial charge in [0.05, 0.1) is 119 Å². The first-order valence-electron chi connectivity index (χ1n) is 45.6. The van der Waals surface area contributed by atoms with E-state index in [0.717, 1.165) is 311 Å². The van der Waals surface area contributed by atoms with Crippen molar-refractivity contribution in [3.63, 3.8) is 0 Å². The first-order chi connectivity index (χ1) is 63.4. The zero-order chi connectivity index (χ0) is 95.4. The smallest absolute Gasteiger partial charge is 0.408 e. The van der Waals surface area contributed by atoms with Gasteiger partial charge in [-0.25, -0.2) is 29.5 Å². The van der Waals surface area contributed by atoms with Gasteiger partial charge < -0.3 is 79.6 Å². The van der Waals surface area contributed by atoms with E-state index in [1.54, 1.807) is 65.5 Å². The van der Waals surface area contributed by atoms with Crippen LogP contribution in [0.15, 0.2) is 70.2 Å². The molecule has 0 aromatic carbocycles. The third-order valence-electron chi connectivity index (χ3n) is 21.8. The number of hydrogen-bond acceptors (Lipinski definition) is 33. The number of morpholine rings is 6. The number of fused-ring (bicyclic) bond motifs is 3. The fourth-order valence-electron chi connectivity index (χ4n) is 14.6. The molecule has 0 bridgehead atoms. The number of carbonyl (C=O) groups is 10. The van der Waals surface area contributed by atoms with E-state index >= 15 is 0 Å². The summed E-state index contributed by atoms with van der Waals surface area (Å²) in [7, 11) is 1.40. The minimum Gasteiger partial charge on any atom is -0.478 e. The fraction of sp³-hybridized carbons (Fsp3) is 0.630. The molecule has 0 unspecified atom stereocenters. The summed E-state index contributed by atoms with van der Waals surface area (Å²) in [5.41, 5.74) is 10.8. The van der Waals surface area contributed by atoms with Crippen molar-refractivity contribution in [2.45, 2.75) is 119 Å². The largest absolute Gasteiger partial charge is 0.478 e. The van der Waals surface area contributed by atoms with Crippen molar-refractivity contribution in [2.75, 3.05) is 285 Å². The highest BCUT2D eigenvalue weighted by atomic mass is 79.9. The number of amides is 4. The lowest BCUT2D eigenvalue weighted by Crippen LogP contribution is -2.42. The van der Waals surface area contributed by atoms with Gasteiger partial charge in [-0.2, -0.15) is 0 Å². The number of carboxylic acids is 1. The van der Waals surface area contributed by atoms with Gasteiger partial charge in [0.1, 0.15) is 46.2 Å². The molecule has 4 aromatic rings. The lowest BCUT2D eigenvalue weighted by Gasteiger charge is -2.29. The maximum atomic E-state index is 12.1. The first-order valence-corrected chi connectivity index (χ1v) is 47.2. The van der Waals surface area contributed by atoms with Crippen molar-refractivity contribution >= 4 is 126 Å². The van der Waals surface area contributed by atoms with Crippen molar-refractivity contribution in [1.29, 1.82) is 0 Å². The standard InChI is InChI=1S/C18H24N4O3.C17H22N4O4.C15H23BrN4O3.C14H19BrN4O2.2C10H19NO2.C8H15NO3/c1-14(23)2-3-15-10-16-12-22(5-4-21-6-8-25-9-7-21)13-17(24)20-18(16)19-11-15;22-15-12-21(4-3-20-5-7-25-8-6-20)11-14-9-13(1-2-16(23)24)10-18-17(14)19-15;1-22-14(21)11-20(3-2-19-4-6-23-7-5-19)10-12-8-13(16)9-18-15(12)17;15-12-7-11-9-19(2-1-18-3-5-21-6-4-18)10-13(20)17-14(11)16-8-12;2*1-10(12)4-2-3-5-11-6-8-13-9-7-11;1-6(10)5-9-7(11)12-8(2,3)4/h2-3,10-11H,4-9,12-13H2,1H3,(H,19,20,24);1-2,9-10H,3-8,11-12H2,(H,23,24)(H,18,19,22);8-9H,2-7,10-11H2,1H3,(H2,17,18);7-8H,1-6,9-10H2,(H,16,17,20);2*2-9H2,1H3;5H2,1-4H3,(H,9,11)/b3-2+;2-1+;;;;;. The Hall–Kier alpha value is -8.50. The number of esters is 1. The predicted octanol–water partition coefficient (Wildman–Crippen LogP) is 5.96. The number of nitrogens with zero attached hydrogens (tertiary/aromatic N) is 14. The van der Waals surface area contributed by atoms with Crippen molar-refractivity contribution in [3.05, 3.63) is 104 Å². The topological polar surface area (TPSA) is 423 Å². The molecule has 40 heteroatoms. The molecule has 4 amide bonds. The van der Waals surface area contributed by atoms with Crippen LogP contribution in [0.4, 0.5) is 28.1 Å². The summed E-state index contributed by atoms with van der Waals surface area (Å²) in [5.74, 6) is 1.45. The molecule has 732 valence electrons. The minimum atomic E-state index is -1.00. The van der Waals surface area contributed by atoms with E-state index in [-0.39, 0.29) is 48.3 Å². The van der Waals surface area contributed by atoms with Gasteiger partial charge in [-0.1, -0.05) is 0 Å². The number of pyridine rings is 4. The number of hydrogen-bond donors (Lipinski definition) is 6. The van der Waals surface area contributed by atoms with Gasteiger partial charge in [-0.3, -0.25) is 77.8 Å². The number of ether oxygens (including phenoxy) is 8. The number of allylic oxidation sites excluding steroid dienone is 1. The Morgan fingerprint density at radius 2 is 0.818 bits per heavy atom. The van der Waals surface area contributed by atoms with Gasteiger partial charge in [-0.15, -0.1) is 0 Å². The number of carboxylic acid groups (broad SMARTS) is 1. The van der Waals surface area contributed by atoms with Crippen molar-refractivity contribution in [3.8, 4) is 0 Å². The number of aromatic nitrogens is 4. The van der Waals surface area contributed by atoms with Crippen LogP contribution in [0.2, 0.25) is 0 Å². The summed E-state index contributed by atoms with van der Waals surface area (Å²) in [6.07, 6.45) is 17.7. The molecule has 0 atom stereocenters. The van der Waals surface area contributed by atoms with E-state index in [4.69, 9.17) is 48.7 Å². The van der Waals surface area contributed by atoms with Gasteiger partial charge in [0, 0.05) is 232 Å². The molecule has 9 aliphatic rings. The van der Waals surface area contributed by atoms with E-state index < -0.39 is 17.7 Å². The molecule has 0 saturated carbocycles. The first kappa shape index (κ1) is 111. The third kappa shape index (κ3) is 48.1. The number of carbonyl (C=O) groups excluding carboxylic acids is 9. The normalized spacial score (nSPS) is 18.1. The number of rotatable bonds is 32. The quantitative estimate of drug-likeness (QED) is 0.0187. The monoisotopic (exact) mass is 1970 g/mol. The molecule has 13 rings (SSSR count). The number of halogens is 2. The van der Waals surface area contributed by atoms with Crippen LogP contribution in [0.5, 0.6) is 0 Å². The summed E-state index contributed by atoms with van der Waals surface area (Å²) in [5, 5.41) is 19.6. The third-order valence-corrected chi connectivity index (χ3v) is 22.6. The van der Waals surface area contributed by atoms with Gasteiger partial charge in [0.15, 0.2) is 5.78 Å². The summed E-state index contributed by atoms with van der Waals surface area (Å²) in [4.78, 5) is 152. The number of nitrogens with one attached hydrogen (secondary N) is 4. The number of nitrogen functional groups attached to an aromatic ring is 1. The maximum absolute atomic E-state index is 12.1. The summed E-state index contributed by atoms with van der Waals surface area (Å²) < 4.78 is 43.4. The van der Waals surface area contributed by atoms with Crippen LogP contribution in [0, 0.1) is 0 Å². The second kappa shape index (κ2) is 62.2. The van der Waals surface area contributed by atoms with E-state index in [1.165, 1.54) is 33.1 Å². The summed E-state index contributed by atoms with van der Waals surface area (Å²) in [6.45, 7) is 46.0. The van der Waals surface area contributed by atoms with Crippen LogP contribution >= 0.6 is 31.9 Å². The van der Waals surface area contributed by atoms with Gasteiger partial charge in [0.2, 0.25) is 17.7 Å². The summed E-state index contributed by atoms with van der Waals surface area (Å²) >= 11 is 6.84. The van der Waals surface area contributed by atoms with E-state index in [9.17, 15) is 47.9 Å². The number of methoxy groups -OCH3 is 1. The molecule has 13 heterocycles. The predicted molar refractivity (Wildman–Crippen MR) is 510 cm³/mol. The lowest BCUT2D eigenvalue weighted by molar-refractivity contribution is -0.142. The van der Waals surface area contributed by atoms with Crippen LogP contribution in [0.1, 0.15) is 120 Å². The van der Waals surface area contributed by atoms with Gasteiger partial charge in [0.25, 0.3) is 0 Å². The number of unbranched alkanes of at least 4 members (excludes halogenated alkanes) is 2. The Labute approximate surface area is 794 Å². The van der Waals surface area contributed by atoms with Gasteiger partial charge in [-0.05, 0) is 173 Å². The Balaban J connectivity index is 0.000000214. The fourth-order valence-corrected chi connectivity index (χ4v) is 15.4. The highest BCUT2D eigenvalue weighted by Crippen LogP contribution is 2.26. The van der Waals surface area contributed by atoms with E-state index in [2.05, 4.69) is 117 Å². The number of Topliss-reactive ketones (excluding diaryl/α,β-unsaturated/α-hetero) is 3. The lowest BCUT2D eigenvalue weighted by atomic mass is 10.1. The SMILES string of the molecule is CC(=O)/C=C/c1cnc2c(c1)CN(CCN1CCOCC1)CC(=O)N2.CC(=O)CCCCN1CCOCC1.CC(=O)CCCCN1CCOCC1.CC(=O)CNC(=O)OC(C)(C)C.COC(=O)CN(CCN1CCOCC1)Cc1cc(Br)cnc1N.O=C(O)/C=C/c1cnc2c(c1)CN(CCN1CCOCC1)CC(=O)N2.O=C1CN(CCN2CCOCC2)Cc2cc(Br)cnc2N1. The second-order valence-corrected chi connectivity index (χ2v) is 36.0. The molecule has 132 heavy (non-hydrogen) atoms. The Morgan fingerprint density at radius 1 is 0.470 bits per heavy atom. The number of alkyl carbamates (subject to hydrolysis) is 1. The molecule has 0 aliphatic carbocycles. The molecular weight excluding hydrogens is 1830 g/mol. The van der Waals surface area contributed by atoms with Crippen LogP contribution in [-0.2, 0) is 107 Å². The van der Waals surface area contributed by atoms with E-state index in [0.29, 0.717) is 79.7 Å². The number of nitrogens with two attached hydrogens (primary N) is 1. The second-order valence-electron chi connectivity index (χ2n) is 34.2. The molecule has 4 aromatic heterocycles. The molecule has 0 spiro atoms. The molecule has 38 nitrogen and oxygen atoms in total. The van der Waals surface area contributed by atoms with E-state index in [1.807, 2.05) is 29.2 Å². The van der Waals surface area contributed by atoms with Crippen molar-refractivity contribution in [2.24, 2.45) is 0 Å². The van der Waals surface area contributed by atoms with Crippen molar-refractivity contribution in [1.82, 2.24) is 74.3 Å². The van der Waals surface area contributed by atoms with Crippen LogP contribution in [0.3, 0.4) is 0 Å². The average molecular weight is 1980 g/mol. The molecular formula is C92H141Br2N19O19. The number of anilines is 4.